The molecular formula is C11H12N6OS. The van der Waals surface area contributed by atoms with Crippen LogP contribution in [0.15, 0.2) is 15.0 Å². The molecule has 2 aromatic heterocycles. The van der Waals surface area contributed by atoms with Crippen molar-refractivity contribution in [3.8, 4) is 6.07 Å². The molecule has 0 aliphatic heterocycles. The van der Waals surface area contributed by atoms with Gasteiger partial charge in [0.1, 0.15) is 16.7 Å². The lowest BCUT2D eigenvalue weighted by atomic mass is 10.3. The third kappa shape index (κ3) is 1.96. The van der Waals surface area contributed by atoms with Gasteiger partial charge in [0.25, 0.3) is 0 Å². The summed E-state index contributed by atoms with van der Waals surface area (Å²) in [5, 5.41) is 21.2. The highest BCUT2D eigenvalue weighted by Gasteiger charge is 2.29. The molecule has 0 unspecified atom stereocenters. The minimum Gasteiger partial charge on any atom is -0.267 e. The summed E-state index contributed by atoms with van der Waals surface area (Å²) in [6.07, 6.45) is 2.01. The van der Waals surface area contributed by atoms with Crippen LogP contribution < -0.4 is 5.69 Å². The Morgan fingerprint density at radius 1 is 1.53 bits per heavy atom. The molecule has 0 saturated heterocycles. The van der Waals surface area contributed by atoms with E-state index in [2.05, 4.69) is 21.4 Å². The molecule has 0 atom stereocenters. The Morgan fingerprint density at radius 2 is 2.26 bits per heavy atom. The van der Waals surface area contributed by atoms with E-state index in [-0.39, 0.29) is 11.7 Å². The van der Waals surface area contributed by atoms with Gasteiger partial charge in [-0.2, -0.15) is 10.4 Å². The number of hydrogen-bond acceptors (Lipinski definition) is 5. The molecule has 0 amide bonds. The van der Waals surface area contributed by atoms with Crippen molar-refractivity contribution in [3.63, 3.8) is 0 Å². The quantitative estimate of drug-likeness (QED) is 0.901. The average Bonchev–Trinajstić information content (AvgIpc) is 3.08. The third-order valence-corrected chi connectivity index (χ3v) is 4.19. The molecule has 0 bridgehead atoms. The molecule has 1 saturated carbocycles. The van der Waals surface area contributed by atoms with Gasteiger partial charge < -0.3 is 0 Å². The van der Waals surface area contributed by atoms with Crippen molar-refractivity contribution in [2.24, 2.45) is 7.05 Å². The Bertz CT molecular complexity index is 729. The number of H-pyrrole nitrogens is 1. The predicted molar refractivity (Wildman–Crippen MR) is 67.9 cm³/mol. The van der Waals surface area contributed by atoms with Gasteiger partial charge >= 0.3 is 5.69 Å². The first-order valence-electron chi connectivity index (χ1n) is 5.90. The molecule has 2 heterocycles. The number of hydrogen-bond donors (Lipinski definition) is 1. The highest BCUT2D eigenvalue weighted by atomic mass is 32.2. The fourth-order valence-corrected chi connectivity index (χ4v) is 3.05. The number of rotatable bonds is 3. The van der Waals surface area contributed by atoms with Gasteiger partial charge in [0, 0.05) is 13.1 Å². The highest BCUT2D eigenvalue weighted by Crippen LogP contribution is 2.38. The van der Waals surface area contributed by atoms with Gasteiger partial charge in [0.2, 0.25) is 0 Å². The lowest BCUT2D eigenvalue weighted by Gasteiger charge is -2.03. The van der Waals surface area contributed by atoms with E-state index in [1.54, 1.807) is 23.2 Å². The molecule has 2 aromatic rings. The maximum absolute atomic E-state index is 11.7. The van der Waals surface area contributed by atoms with Gasteiger partial charge in [-0.05, 0) is 31.5 Å². The van der Waals surface area contributed by atoms with Gasteiger partial charge in [0.15, 0.2) is 5.16 Å². The summed E-state index contributed by atoms with van der Waals surface area (Å²) in [6.45, 7) is 1.79. The fourth-order valence-electron chi connectivity index (χ4n) is 1.99. The second kappa shape index (κ2) is 4.28. The second-order valence-corrected chi connectivity index (χ2v) is 5.47. The first-order valence-corrected chi connectivity index (χ1v) is 6.72. The summed E-state index contributed by atoms with van der Waals surface area (Å²) >= 11 is 1.30. The van der Waals surface area contributed by atoms with Crippen LogP contribution in [0.4, 0.5) is 0 Å². The molecule has 7 nitrogen and oxygen atoms in total. The van der Waals surface area contributed by atoms with E-state index in [4.69, 9.17) is 0 Å². The van der Waals surface area contributed by atoms with E-state index in [0.29, 0.717) is 21.4 Å². The zero-order valence-electron chi connectivity index (χ0n) is 10.5. The molecule has 19 heavy (non-hydrogen) atoms. The van der Waals surface area contributed by atoms with Gasteiger partial charge in [0.05, 0.1) is 5.69 Å². The molecule has 0 radical (unpaired) electrons. The minimum absolute atomic E-state index is 0.192. The Balaban J connectivity index is 2.03. The van der Waals surface area contributed by atoms with Crippen LogP contribution >= 0.6 is 11.8 Å². The van der Waals surface area contributed by atoms with E-state index in [1.807, 2.05) is 0 Å². The summed E-state index contributed by atoms with van der Waals surface area (Å²) in [5.74, 6) is 0. The van der Waals surface area contributed by atoms with Crippen LogP contribution in [0.1, 0.15) is 30.1 Å². The van der Waals surface area contributed by atoms with Crippen molar-refractivity contribution in [2.45, 2.75) is 36.0 Å². The van der Waals surface area contributed by atoms with Crippen molar-refractivity contribution >= 4 is 11.8 Å². The summed E-state index contributed by atoms with van der Waals surface area (Å²) < 4.78 is 3.31. The number of aromatic amines is 1. The highest BCUT2D eigenvalue weighted by molar-refractivity contribution is 7.99. The van der Waals surface area contributed by atoms with Crippen LogP contribution in [-0.2, 0) is 7.05 Å². The van der Waals surface area contributed by atoms with Crippen molar-refractivity contribution in [1.29, 1.82) is 5.26 Å². The maximum atomic E-state index is 11.7. The summed E-state index contributed by atoms with van der Waals surface area (Å²) in [6, 6.07) is 2.39. The molecule has 0 aromatic carbocycles. The van der Waals surface area contributed by atoms with Crippen molar-refractivity contribution < 1.29 is 0 Å². The Labute approximate surface area is 113 Å². The van der Waals surface area contributed by atoms with Crippen molar-refractivity contribution in [2.75, 3.05) is 0 Å². The lowest BCUT2D eigenvalue weighted by molar-refractivity contribution is 0.637. The normalized spacial score (nSPS) is 14.6. The van der Waals surface area contributed by atoms with Crippen LogP contribution in [0.5, 0.6) is 0 Å². The lowest BCUT2D eigenvalue weighted by Crippen LogP contribution is -2.16. The number of aromatic nitrogens is 5. The minimum atomic E-state index is -0.192. The molecule has 0 spiro atoms. The van der Waals surface area contributed by atoms with Crippen LogP contribution in [0.3, 0.4) is 0 Å². The molecular weight excluding hydrogens is 264 g/mol. The Hall–Kier alpha value is -2.01. The topological polar surface area (TPSA) is 92.3 Å². The maximum Gasteiger partial charge on any atom is 0.344 e. The van der Waals surface area contributed by atoms with E-state index in [0.717, 1.165) is 12.8 Å². The zero-order chi connectivity index (χ0) is 13.6. The van der Waals surface area contributed by atoms with Gasteiger partial charge in [-0.25, -0.2) is 9.89 Å². The first kappa shape index (κ1) is 12.0. The average molecular weight is 276 g/mol. The predicted octanol–water partition coefficient (Wildman–Crippen LogP) is 0.971. The molecule has 1 aliphatic carbocycles. The SMILES string of the molecule is Cc1nn(C)c(Sc2n[nH]c(=O)n2C2CC2)c1C#N. The Morgan fingerprint density at radius 3 is 2.89 bits per heavy atom. The number of nitrogens with zero attached hydrogens (tertiary/aromatic N) is 5. The third-order valence-electron chi connectivity index (χ3n) is 3.05. The van der Waals surface area contributed by atoms with Crippen molar-refractivity contribution in [3.05, 3.63) is 21.7 Å². The van der Waals surface area contributed by atoms with Gasteiger partial charge in [-0.1, -0.05) is 0 Å². The second-order valence-electron chi connectivity index (χ2n) is 4.52. The molecule has 98 valence electrons. The standard InChI is InChI=1S/C11H12N6OS/c1-6-8(5-12)9(16(2)15-6)19-11-14-13-10(18)17(11)7-3-4-7/h7H,3-4H2,1-2H3,(H,13,18). The first-order chi connectivity index (χ1) is 9.11. The molecule has 3 rings (SSSR count). The Kier molecular flexibility index (Phi) is 2.71. The largest absolute Gasteiger partial charge is 0.344 e. The van der Waals surface area contributed by atoms with Crippen LogP contribution in [-0.4, -0.2) is 24.5 Å². The van der Waals surface area contributed by atoms with Crippen molar-refractivity contribution in [1.82, 2.24) is 24.5 Å². The molecule has 8 heteroatoms. The fraction of sp³-hybridized carbons (Fsp3) is 0.455. The van der Waals surface area contributed by atoms with Gasteiger partial charge in [-0.15, -0.1) is 5.10 Å². The summed E-state index contributed by atoms with van der Waals surface area (Å²) in [7, 11) is 1.78. The van der Waals surface area contributed by atoms with Crippen LogP contribution in [0.2, 0.25) is 0 Å². The molecule has 1 aliphatic rings. The number of aryl methyl sites for hydroxylation is 2. The molecule has 1 fully saturated rings. The van der Waals surface area contributed by atoms with Gasteiger partial charge in [-0.3, -0.25) is 9.25 Å². The van der Waals surface area contributed by atoms with Crippen LogP contribution in [0.25, 0.3) is 0 Å². The van der Waals surface area contributed by atoms with Crippen LogP contribution in [0, 0.1) is 18.3 Å². The van der Waals surface area contributed by atoms with E-state index < -0.39 is 0 Å². The summed E-state index contributed by atoms with van der Waals surface area (Å²) in [4.78, 5) is 11.7. The monoisotopic (exact) mass is 276 g/mol. The molecule has 1 N–H and O–H groups in total. The summed E-state index contributed by atoms with van der Waals surface area (Å²) in [5.41, 5.74) is 1.02. The van der Waals surface area contributed by atoms with E-state index in [9.17, 15) is 10.1 Å². The number of nitrogens with one attached hydrogen (secondary N) is 1. The smallest absolute Gasteiger partial charge is 0.267 e. The van der Waals surface area contributed by atoms with E-state index in [1.165, 1.54) is 11.8 Å². The number of nitriles is 1. The zero-order valence-corrected chi connectivity index (χ0v) is 11.4. The van der Waals surface area contributed by atoms with E-state index >= 15 is 0 Å².